The maximum absolute atomic E-state index is 5.60. The van der Waals surface area contributed by atoms with E-state index in [4.69, 9.17) is 4.74 Å². The van der Waals surface area contributed by atoms with E-state index in [2.05, 4.69) is 63.4 Å². The average molecular weight is 377 g/mol. The maximum atomic E-state index is 5.60. The summed E-state index contributed by atoms with van der Waals surface area (Å²) < 4.78 is 5.60. The first kappa shape index (κ1) is 21.4. The van der Waals surface area contributed by atoms with E-state index in [9.17, 15) is 0 Å². The third-order valence-electron chi connectivity index (χ3n) is 4.53. The lowest BCUT2D eigenvalue weighted by Crippen LogP contribution is -2.44. The molecule has 1 aromatic rings. The first-order valence-electron chi connectivity index (χ1n) is 9.99. The Morgan fingerprint density at radius 1 is 1.26 bits per heavy atom. The highest BCUT2D eigenvalue weighted by Crippen LogP contribution is 2.14. The van der Waals surface area contributed by atoms with Crippen LogP contribution < -0.4 is 15.5 Å². The van der Waals surface area contributed by atoms with Gasteiger partial charge in [-0.05, 0) is 37.1 Å². The van der Waals surface area contributed by atoms with Crippen LogP contribution in [0.3, 0.4) is 0 Å². The van der Waals surface area contributed by atoms with Crippen molar-refractivity contribution in [3.05, 3.63) is 23.9 Å². The number of anilines is 1. The van der Waals surface area contributed by atoms with Crippen molar-refractivity contribution in [3.63, 3.8) is 0 Å². The second-order valence-corrected chi connectivity index (χ2v) is 7.49. The van der Waals surface area contributed by atoms with E-state index >= 15 is 0 Å². The Morgan fingerprint density at radius 3 is 2.74 bits per heavy atom. The standard InChI is InChI=1S/C20H36N6O/c1-17(2)16-27-13-5-7-23-20(21-3)24-15-18-6-8-22-19(14-18)26-11-9-25(4)10-12-26/h6,8,14,17H,5,7,9-13,15-16H2,1-4H3,(H2,21,23,24). The summed E-state index contributed by atoms with van der Waals surface area (Å²) in [5.74, 6) is 2.47. The fourth-order valence-electron chi connectivity index (χ4n) is 2.89. The molecule has 1 aliphatic rings. The molecule has 0 radical (unpaired) electrons. The second-order valence-electron chi connectivity index (χ2n) is 7.49. The van der Waals surface area contributed by atoms with Crippen molar-refractivity contribution >= 4 is 11.8 Å². The smallest absolute Gasteiger partial charge is 0.191 e. The Bertz CT molecular complexity index is 569. The third kappa shape index (κ3) is 8.13. The maximum Gasteiger partial charge on any atom is 0.191 e. The molecule has 7 heteroatoms. The van der Waals surface area contributed by atoms with Crippen molar-refractivity contribution < 1.29 is 4.74 Å². The van der Waals surface area contributed by atoms with Gasteiger partial charge in [0.05, 0.1) is 0 Å². The lowest BCUT2D eigenvalue weighted by Gasteiger charge is -2.33. The molecule has 2 heterocycles. The normalized spacial score (nSPS) is 16.0. The minimum atomic E-state index is 0.587. The molecule has 0 aliphatic carbocycles. The van der Waals surface area contributed by atoms with E-state index < -0.39 is 0 Å². The summed E-state index contributed by atoms with van der Waals surface area (Å²) in [6.45, 7) is 11.7. The first-order valence-corrected chi connectivity index (χ1v) is 9.99. The number of aliphatic imine (C=N–C) groups is 1. The molecule has 0 unspecified atom stereocenters. The predicted molar refractivity (Wildman–Crippen MR) is 112 cm³/mol. The summed E-state index contributed by atoms with van der Waals surface area (Å²) in [5.41, 5.74) is 1.21. The van der Waals surface area contributed by atoms with Gasteiger partial charge in [0.25, 0.3) is 0 Å². The number of ether oxygens (including phenoxy) is 1. The predicted octanol–water partition coefficient (Wildman–Crippen LogP) is 1.56. The van der Waals surface area contributed by atoms with Gasteiger partial charge in [0.15, 0.2) is 5.96 Å². The number of nitrogens with one attached hydrogen (secondary N) is 2. The van der Waals surface area contributed by atoms with Crippen LogP contribution in [0.4, 0.5) is 5.82 Å². The van der Waals surface area contributed by atoms with Crippen LogP contribution in [-0.2, 0) is 11.3 Å². The molecule has 0 aromatic carbocycles. The Balaban J connectivity index is 1.72. The van der Waals surface area contributed by atoms with Gasteiger partial charge in [0.1, 0.15) is 5.82 Å². The number of likely N-dealkylation sites (N-methyl/N-ethyl adjacent to an activating group) is 1. The van der Waals surface area contributed by atoms with E-state index in [0.29, 0.717) is 5.92 Å². The lowest BCUT2D eigenvalue weighted by molar-refractivity contribution is 0.108. The van der Waals surface area contributed by atoms with Crippen LogP contribution >= 0.6 is 0 Å². The van der Waals surface area contributed by atoms with Gasteiger partial charge in [-0.25, -0.2) is 4.98 Å². The van der Waals surface area contributed by atoms with E-state index in [-0.39, 0.29) is 0 Å². The first-order chi connectivity index (χ1) is 13.1. The molecule has 0 spiro atoms. The number of hydrogen-bond donors (Lipinski definition) is 2. The Morgan fingerprint density at radius 2 is 2.04 bits per heavy atom. The molecule has 0 saturated carbocycles. The van der Waals surface area contributed by atoms with Crippen LogP contribution in [0.25, 0.3) is 0 Å². The summed E-state index contributed by atoms with van der Waals surface area (Å²) in [6.07, 6.45) is 2.86. The molecule has 152 valence electrons. The molecule has 2 rings (SSSR count). The number of aromatic nitrogens is 1. The summed E-state index contributed by atoms with van der Waals surface area (Å²) >= 11 is 0. The van der Waals surface area contributed by atoms with E-state index in [1.54, 1.807) is 7.05 Å². The molecule has 1 aromatic heterocycles. The van der Waals surface area contributed by atoms with Gasteiger partial charge < -0.3 is 25.2 Å². The number of pyridine rings is 1. The molecule has 1 aliphatic heterocycles. The summed E-state index contributed by atoms with van der Waals surface area (Å²) in [4.78, 5) is 13.5. The van der Waals surface area contributed by atoms with Gasteiger partial charge >= 0.3 is 0 Å². The van der Waals surface area contributed by atoms with Crippen molar-refractivity contribution in [3.8, 4) is 0 Å². The highest BCUT2D eigenvalue weighted by Gasteiger charge is 2.15. The van der Waals surface area contributed by atoms with E-state index in [0.717, 1.165) is 70.7 Å². The van der Waals surface area contributed by atoms with Crippen molar-refractivity contribution in [2.75, 3.05) is 64.9 Å². The quantitative estimate of drug-likeness (QED) is 0.387. The van der Waals surface area contributed by atoms with Crippen LogP contribution in [0.1, 0.15) is 25.8 Å². The van der Waals surface area contributed by atoms with Crippen molar-refractivity contribution in [1.29, 1.82) is 0 Å². The molecule has 27 heavy (non-hydrogen) atoms. The van der Waals surface area contributed by atoms with Crippen LogP contribution in [0.15, 0.2) is 23.3 Å². The Labute approximate surface area is 164 Å². The molecule has 1 saturated heterocycles. The van der Waals surface area contributed by atoms with Crippen LogP contribution in [-0.4, -0.2) is 75.9 Å². The van der Waals surface area contributed by atoms with Gasteiger partial charge in [-0.15, -0.1) is 0 Å². The van der Waals surface area contributed by atoms with E-state index in [1.165, 1.54) is 5.56 Å². The number of guanidine groups is 1. The summed E-state index contributed by atoms with van der Waals surface area (Å²) in [5, 5.41) is 6.71. The molecule has 0 amide bonds. The second kappa shape index (κ2) is 11.8. The fraction of sp³-hybridized carbons (Fsp3) is 0.700. The molecule has 1 fully saturated rings. The van der Waals surface area contributed by atoms with Crippen molar-refractivity contribution in [1.82, 2.24) is 20.5 Å². The van der Waals surface area contributed by atoms with Crippen LogP contribution in [0.2, 0.25) is 0 Å². The third-order valence-corrected chi connectivity index (χ3v) is 4.53. The molecule has 2 N–H and O–H groups in total. The van der Waals surface area contributed by atoms with Gasteiger partial charge in [-0.1, -0.05) is 13.8 Å². The topological polar surface area (TPSA) is 65.0 Å². The molecule has 7 nitrogen and oxygen atoms in total. The number of rotatable bonds is 9. The zero-order valence-electron chi connectivity index (χ0n) is 17.4. The highest BCUT2D eigenvalue weighted by atomic mass is 16.5. The average Bonchev–Trinajstić information content (AvgIpc) is 2.67. The van der Waals surface area contributed by atoms with Gasteiger partial charge in [-0.3, -0.25) is 4.99 Å². The monoisotopic (exact) mass is 376 g/mol. The SMILES string of the molecule is CN=C(NCCCOCC(C)C)NCc1ccnc(N2CCN(C)CC2)c1. The Hall–Kier alpha value is -1.86. The minimum Gasteiger partial charge on any atom is -0.381 e. The van der Waals surface area contributed by atoms with Gasteiger partial charge in [0.2, 0.25) is 0 Å². The number of piperazine rings is 1. The molecular formula is C20H36N6O. The lowest BCUT2D eigenvalue weighted by atomic mass is 10.2. The van der Waals surface area contributed by atoms with E-state index in [1.807, 2.05) is 6.20 Å². The highest BCUT2D eigenvalue weighted by molar-refractivity contribution is 5.79. The molecule has 0 atom stereocenters. The van der Waals surface area contributed by atoms with Crippen molar-refractivity contribution in [2.45, 2.75) is 26.8 Å². The summed E-state index contributed by atoms with van der Waals surface area (Å²) in [7, 11) is 3.97. The van der Waals surface area contributed by atoms with Crippen molar-refractivity contribution in [2.24, 2.45) is 10.9 Å². The summed E-state index contributed by atoms with van der Waals surface area (Å²) in [6, 6.07) is 4.23. The minimum absolute atomic E-state index is 0.587. The van der Waals surface area contributed by atoms with Crippen LogP contribution in [0.5, 0.6) is 0 Å². The Kier molecular flexibility index (Phi) is 9.35. The fourth-order valence-corrected chi connectivity index (χ4v) is 2.89. The largest absolute Gasteiger partial charge is 0.381 e. The zero-order chi connectivity index (χ0) is 19.5. The molecule has 0 bridgehead atoms. The van der Waals surface area contributed by atoms with Gasteiger partial charge in [0, 0.05) is 65.7 Å². The number of nitrogens with zero attached hydrogens (tertiary/aromatic N) is 4. The van der Waals surface area contributed by atoms with Crippen LogP contribution in [0, 0.1) is 5.92 Å². The zero-order valence-corrected chi connectivity index (χ0v) is 17.4. The van der Waals surface area contributed by atoms with Gasteiger partial charge in [-0.2, -0.15) is 0 Å². The molecular weight excluding hydrogens is 340 g/mol. The number of hydrogen-bond acceptors (Lipinski definition) is 5.